The van der Waals surface area contributed by atoms with Gasteiger partial charge < -0.3 is 15.0 Å². The van der Waals surface area contributed by atoms with Gasteiger partial charge in [0.05, 0.1) is 29.6 Å². The Balaban J connectivity index is 1.51. The molecule has 0 atom stereocenters. The zero-order chi connectivity index (χ0) is 22.1. The number of ether oxygens (including phenoxy) is 1. The first-order valence-corrected chi connectivity index (χ1v) is 10.8. The number of aromatic nitrogens is 3. The highest BCUT2D eigenvalue weighted by Crippen LogP contribution is 2.30. The first kappa shape index (κ1) is 20.5. The molecule has 0 spiro atoms. The molecule has 7 nitrogen and oxygen atoms in total. The van der Waals surface area contributed by atoms with E-state index in [0.717, 1.165) is 41.1 Å². The lowest BCUT2D eigenvalue weighted by atomic mass is 10.2. The fraction of sp³-hybridized carbons (Fsp3) is 0.208. The Bertz CT molecular complexity index is 1330. The normalized spacial score (nSPS) is 14.0. The molecule has 0 unspecified atom stereocenters. The van der Waals surface area contributed by atoms with E-state index in [2.05, 4.69) is 20.2 Å². The van der Waals surface area contributed by atoms with Crippen LogP contribution < -0.4 is 15.8 Å². The topological polar surface area (TPSA) is 72.3 Å². The number of anilines is 3. The van der Waals surface area contributed by atoms with Gasteiger partial charge in [0.25, 0.3) is 5.56 Å². The Morgan fingerprint density at radius 1 is 1.06 bits per heavy atom. The molecule has 1 N–H and O–H groups in total. The van der Waals surface area contributed by atoms with Crippen molar-refractivity contribution in [3.63, 3.8) is 0 Å². The molecule has 0 amide bonds. The lowest BCUT2D eigenvalue weighted by Crippen LogP contribution is -2.36. The Kier molecular flexibility index (Phi) is 5.51. The molecular formula is C24H22ClN5O2. The van der Waals surface area contributed by atoms with Crippen molar-refractivity contribution in [2.24, 2.45) is 0 Å². The highest BCUT2D eigenvalue weighted by Gasteiger charge is 2.15. The predicted octanol–water partition coefficient (Wildman–Crippen LogP) is 4.32. The Morgan fingerprint density at radius 2 is 1.84 bits per heavy atom. The number of nitrogens with zero attached hydrogens (tertiary/aromatic N) is 4. The minimum absolute atomic E-state index is 0.135. The number of hydrogen-bond acceptors (Lipinski definition) is 6. The molecule has 1 fully saturated rings. The van der Waals surface area contributed by atoms with E-state index in [1.165, 1.54) is 0 Å². The Hall–Kier alpha value is -3.42. The van der Waals surface area contributed by atoms with Gasteiger partial charge in [0.1, 0.15) is 0 Å². The summed E-state index contributed by atoms with van der Waals surface area (Å²) in [6.45, 7) is 4.92. The molecule has 2 aromatic heterocycles. The zero-order valence-corrected chi connectivity index (χ0v) is 18.3. The zero-order valence-electron chi connectivity index (χ0n) is 17.6. The number of aryl methyl sites for hydroxylation is 1. The van der Waals surface area contributed by atoms with E-state index in [-0.39, 0.29) is 5.56 Å². The summed E-state index contributed by atoms with van der Waals surface area (Å²) >= 11 is 6.56. The van der Waals surface area contributed by atoms with Gasteiger partial charge in [-0.2, -0.15) is 4.98 Å². The van der Waals surface area contributed by atoms with Crippen LogP contribution >= 0.6 is 11.6 Å². The number of para-hydroxylation sites is 1. The molecule has 0 bridgehead atoms. The molecule has 8 heteroatoms. The smallest absolute Gasteiger partial charge is 0.257 e. The van der Waals surface area contributed by atoms with Crippen LogP contribution in [0.2, 0.25) is 5.02 Å². The fourth-order valence-electron chi connectivity index (χ4n) is 3.91. The molecule has 1 aliphatic heterocycles. The SMILES string of the molecule is Cc1cc(=O)n(-c2ccccc2)c2nc(Nc3ccc(N4CCOCC4)c(Cl)c3)ncc12. The predicted molar refractivity (Wildman–Crippen MR) is 128 cm³/mol. The maximum absolute atomic E-state index is 12.8. The first-order chi connectivity index (χ1) is 15.6. The molecule has 32 heavy (non-hydrogen) atoms. The summed E-state index contributed by atoms with van der Waals surface area (Å²) < 4.78 is 7.02. The molecule has 0 aliphatic carbocycles. The summed E-state index contributed by atoms with van der Waals surface area (Å²) in [6.07, 6.45) is 1.74. The van der Waals surface area contributed by atoms with Crippen LogP contribution in [0.15, 0.2) is 65.6 Å². The van der Waals surface area contributed by atoms with Gasteiger partial charge in [-0.25, -0.2) is 4.98 Å². The molecule has 3 heterocycles. The van der Waals surface area contributed by atoms with Crippen LogP contribution in [0.5, 0.6) is 0 Å². The summed E-state index contributed by atoms with van der Waals surface area (Å²) in [6, 6.07) is 16.9. The number of morpholine rings is 1. The number of pyridine rings is 1. The van der Waals surface area contributed by atoms with E-state index in [1.54, 1.807) is 16.8 Å². The van der Waals surface area contributed by atoms with E-state index >= 15 is 0 Å². The monoisotopic (exact) mass is 447 g/mol. The van der Waals surface area contributed by atoms with Crippen LogP contribution in [0, 0.1) is 6.92 Å². The standard InChI is InChI=1S/C24H22ClN5O2/c1-16-13-22(31)30(18-5-3-2-4-6-18)23-19(16)15-26-24(28-23)27-17-7-8-21(20(25)14-17)29-9-11-32-12-10-29/h2-8,13-15H,9-12H2,1H3,(H,26,27,28). The largest absolute Gasteiger partial charge is 0.378 e. The molecule has 4 aromatic rings. The Morgan fingerprint density at radius 3 is 2.59 bits per heavy atom. The highest BCUT2D eigenvalue weighted by atomic mass is 35.5. The summed E-state index contributed by atoms with van der Waals surface area (Å²) in [5.41, 5.74) is 3.76. The molecule has 0 saturated carbocycles. The summed E-state index contributed by atoms with van der Waals surface area (Å²) in [7, 11) is 0. The lowest BCUT2D eigenvalue weighted by molar-refractivity contribution is 0.122. The summed E-state index contributed by atoms with van der Waals surface area (Å²) in [4.78, 5) is 24.2. The summed E-state index contributed by atoms with van der Waals surface area (Å²) in [5, 5.41) is 4.69. The van der Waals surface area contributed by atoms with E-state index in [4.69, 9.17) is 16.3 Å². The number of rotatable bonds is 4. The molecule has 5 rings (SSSR count). The average Bonchev–Trinajstić information content (AvgIpc) is 2.80. The van der Waals surface area contributed by atoms with Crippen molar-refractivity contribution >= 4 is 40.0 Å². The number of fused-ring (bicyclic) bond motifs is 1. The first-order valence-electron chi connectivity index (χ1n) is 10.4. The second-order valence-electron chi connectivity index (χ2n) is 7.66. The number of halogens is 1. The van der Waals surface area contributed by atoms with Gasteiger partial charge in [0, 0.05) is 36.4 Å². The number of hydrogen-bond donors (Lipinski definition) is 1. The van der Waals surface area contributed by atoms with Crippen LogP contribution in [0.1, 0.15) is 5.56 Å². The van der Waals surface area contributed by atoms with E-state index in [0.29, 0.717) is 29.8 Å². The minimum atomic E-state index is -0.135. The van der Waals surface area contributed by atoms with Gasteiger partial charge in [0.2, 0.25) is 5.95 Å². The van der Waals surface area contributed by atoms with Crippen molar-refractivity contribution in [2.45, 2.75) is 6.92 Å². The lowest BCUT2D eigenvalue weighted by Gasteiger charge is -2.29. The van der Waals surface area contributed by atoms with Gasteiger partial charge >= 0.3 is 0 Å². The molecular weight excluding hydrogens is 426 g/mol. The van der Waals surface area contributed by atoms with Gasteiger partial charge in [-0.3, -0.25) is 9.36 Å². The average molecular weight is 448 g/mol. The van der Waals surface area contributed by atoms with Crippen LogP contribution in [0.3, 0.4) is 0 Å². The van der Waals surface area contributed by atoms with Crippen molar-refractivity contribution in [1.82, 2.24) is 14.5 Å². The van der Waals surface area contributed by atoms with Gasteiger partial charge in [-0.1, -0.05) is 29.8 Å². The van der Waals surface area contributed by atoms with E-state index < -0.39 is 0 Å². The van der Waals surface area contributed by atoms with Crippen molar-refractivity contribution in [3.8, 4) is 5.69 Å². The van der Waals surface area contributed by atoms with Gasteiger partial charge in [-0.15, -0.1) is 0 Å². The maximum atomic E-state index is 12.8. The maximum Gasteiger partial charge on any atom is 0.257 e. The van der Waals surface area contributed by atoms with Crippen molar-refractivity contribution in [1.29, 1.82) is 0 Å². The van der Waals surface area contributed by atoms with Crippen LogP contribution in [-0.2, 0) is 4.74 Å². The van der Waals surface area contributed by atoms with Crippen molar-refractivity contribution < 1.29 is 4.74 Å². The molecule has 1 saturated heterocycles. The second-order valence-corrected chi connectivity index (χ2v) is 8.07. The number of nitrogens with one attached hydrogen (secondary N) is 1. The summed E-state index contributed by atoms with van der Waals surface area (Å²) in [5.74, 6) is 0.391. The second kappa shape index (κ2) is 8.61. The van der Waals surface area contributed by atoms with Crippen LogP contribution in [-0.4, -0.2) is 40.8 Å². The van der Waals surface area contributed by atoms with Gasteiger partial charge in [0.15, 0.2) is 5.65 Å². The number of benzene rings is 2. The molecule has 162 valence electrons. The molecule has 1 aliphatic rings. The highest BCUT2D eigenvalue weighted by molar-refractivity contribution is 6.33. The molecule has 0 radical (unpaired) electrons. The third-order valence-corrected chi connectivity index (χ3v) is 5.84. The van der Waals surface area contributed by atoms with Crippen LogP contribution in [0.4, 0.5) is 17.3 Å². The van der Waals surface area contributed by atoms with Gasteiger partial charge in [-0.05, 0) is 42.8 Å². The quantitative estimate of drug-likeness (QED) is 0.502. The third kappa shape index (κ3) is 3.92. The third-order valence-electron chi connectivity index (χ3n) is 5.54. The van der Waals surface area contributed by atoms with Crippen molar-refractivity contribution in [2.75, 3.05) is 36.5 Å². The van der Waals surface area contributed by atoms with Crippen LogP contribution in [0.25, 0.3) is 16.7 Å². The molecule has 2 aromatic carbocycles. The Labute approximate surface area is 190 Å². The van der Waals surface area contributed by atoms with Crippen molar-refractivity contribution in [3.05, 3.63) is 81.7 Å². The minimum Gasteiger partial charge on any atom is -0.378 e. The fourth-order valence-corrected chi connectivity index (χ4v) is 4.21. The van der Waals surface area contributed by atoms with E-state index in [1.807, 2.05) is 55.5 Å². The van der Waals surface area contributed by atoms with E-state index in [9.17, 15) is 4.79 Å².